The number of fused-ring (bicyclic) bond motifs is 4. The second-order valence-electron chi connectivity index (χ2n) is 10.0. The monoisotopic (exact) mass is 328 g/mol. The SMILES string of the molecule is C[C@]12CC[C@@H](O)C[C@@H]1CC[C@H]1[C@@H]3CC[C@@H]4C=CC(=O)CC43CC[C@@H]12. The Hall–Kier alpha value is -0.630. The molecule has 1 unspecified atom stereocenters. The molecule has 132 valence electrons. The molecule has 24 heavy (non-hydrogen) atoms. The van der Waals surface area contributed by atoms with Crippen LogP contribution in [-0.4, -0.2) is 17.0 Å². The standard InChI is InChI=1S/C22H32O2/c1-21-10-8-16(23)12-15(21)3-6-18-19(21)9-11-22-13-17(24)5-2-14(22)4-7-20(18)22/h2,5,14-16,18-20,23H,3-4,6-13H2,1H3/t14-,15-,16+,18+,19-,20-,21-,22?/m0/s1. The zero-order valence-corrected chi connectivity index (χ0v) is 15.0. The lowest BCUT2D eigenvalue weighted by atomic mass is 9.43. The largest absolute Gasteiger partial charge is 0.393 e. The first-order valence-corrected chi connectivity index (χ1v) is 10.4. The van der Waals surface area contributed by atoms with Crippen molar-refractivity contribution in [1.29, 1.82) is 0 Å². The van der Waals surface area contributed by atoms with Gasteiger partial charge in [-0.15, -0.1) is 0 Å². The molecule has 0 aromatic carbocycles. The van der Waals surface area contributed by atoms with E-state index >= 15 is 0 Å². The zero-order chi connectivity index (χ0) is 16.5. The first-order chi connectivity index (χ1) is 11.5. The van der Waals surface area contributed by atoms with Gasteiger partial charge in [0, 0.05) is 6.42 Å². The lowest BCUT2D eigenvalue weighted by molar-refractivity contribution is -0.138. The van der Waals surface area contributed by atoms with Crippen LogP contribution in [0.5, 0.6) is 0 Å². The van der Waals surface area contributed by atoms with Crippen LogP contribution >= 0.6 is 0 Å². The predicted molar refractivity (Wildman–Crippen MR) is 94.3 cm³/mol. The van der Waals surface area contributed by atoms with Gasteiger partial charge in [-0.3, -0.25) is 4.79 Å². The van der Waals surface area contributed by atoms with Crippen molar-refractivity contribution in [1.82, 2.24) is 0 Å². The number of carbonyl (C=O) groups excluding carboxylic acids is 1. The summed E-state index contributed by atoms with van der Waals surface area (Å²) in [6.07, 6.45) is 16.2. The Morgan fingerprint density at radius 1 is 1.04 bits per heavy atom. The number of hydrogen-bond donors (Lipinski definition) is 1. The molecule has 0 saturated heterocycles. The molecule has 0 heterocycles. The molecule has 8 atom stereocenters. The van der Waals surface area contributed by atoms with E-state index in [1.165, 1.54) is 44.9 Å². The van der Waals surface area contributed by atoms with Gasteiger partial charge in [0.1, 0.15) is 0 Å². The maximum absolute atomic E-state index is 12.2. The Labute approximate surface area is 146 Å². The molecule has 1 spiro atoms. The van der Waals surface area contributed by atoms with Crippen molar-refractivity contribution in [2.24, 2.45) is 40.4 Å². The van der Waals surface area contributed by atoms with Gasteiger partial charge < -0.3 is 5.11 Å². The van der Waals surface area contributed by atoms with Gasteiger partial charge in [-0.2, -0.15) is 0 Å². The van der Waals surface area contributed by atoms with E-state index in [0.29, 0.717) is 22.5 Å². The molecule has 0 aromatic heterocycles. The highest BCUT2D eigenvalue weighted by molar-refractivity contribution is 5.91. The summed E-state index contributed by atoms with van der Waals surface area (Å²) in [5.74, 6) is 4.29. The molecular formula is C22H32O2. The molecule has 0 amide bonds. The number of allylic oxidation sites excluding steroid dienone is 2. The Morgan fingerprint density at radius 3 is 2.79 bits per heavy atom. The van der Waals surface area contributed by atoms with Gasteiger partial charge in [0.25, 0.3) is 0 Å². The maximum Gasteiger partial charge on any atom is 0.155 e. The number of aliphatic hydroxyl groups is 1. The summed E-state index contributed by atoms with van der Waals surface area (Å²) in [4.78, 5) is 12.2. The van der Waals surface area contributed by atoms with Gasteiger partial charge >= 0.3 is 0 Å². The average Bonchev–Trinajstić information content (AvgIpc) is 2.94. The van der Waals surface area contributed by atoms with Crippen molar-refractivity contribution in [3.63, 3.8) is 0 Å². The lowest BCUT2D eigenvalue weighted by Gasteiger charge is -2.61. The van der Waals surface area contributed by atoms with Crippen molar-refractivity contribution < 1.29 is 9.90 Å². The molecule has 5 aliphatic rings. The number of hydrogen-bond acceptors (Lipinski definition) is 2. The molecule has 4 saturated carbocycles. The third kappa shape index (κ3) is 1.95. The van der Waals surface area contributed by atoms with Crippen molar-refractivity contribution in [3.05, 3.63) is 12.2 Å². The Kier molecular flexibility index (Phi) is 3.38. The fourth-order valence-electron chi connectivity index (χ4n) is 8.33. The molecular weight excluding hydrogens is 296 g/mol. The van der Waals surface area contributed by atoms with Gasteiger partial charge in [0.15, 0.2) is 5.78 Å². The van der Waals surface area contributed by atoms with Gasteiger partial charge in [0.05, 0.1) is 6.10 Å². The van der Waals surface area contributed by atoms with E-state index in [9.17, 15) is 9.90 Å². The quantitative estimate of drug-likeness (QED) is 0.710. The maximum atomic E-state index is 12.2. The fourth-order valence-corrected chi connectivity index (χ4v) is 8.33. The fraction of sp³-hybridized carbons (Fsp3) is 0.864. The first-order valence-electron chi connectivity index (χ1n) is 10.4. The van der Waals surface area contributed by atoms with Crippen LogP contribution in [0.1, 0.15) is 71.1 Å². The summed E-state index contributed by atoms with van der Waals surface area (Å²) in [6.45, 7) is 2.55. The molecule has 5 rings (SSSR count). The Morgan fingerprint density at radius 2 is 1.92 bits per heavy atom. The third-order valence-corrected chi connectivity index (χ3v) is 9.44. The lowest BCUT2D eigenvalue weighted by Crippen LogP contribution is -2.55. The zero-order valence-electron chi connectivity index (χ0n) is 15.0. The van der Waals surface area contributed by atoms with E-state index in [-0.39, 0.29) is 6.10 Å². The van der Waals surface area contributed by atoms with Gasteiger partial charge in [-0.05, 0) is 104 Å². The smallest absolute Gasteiger partial charge is 0.155 e. The molecule has 2 heteroatoms. The average molecular weight is 328 g/mol. The summed E-state index contributed by atoms with van der Waals surface area (Å²) in [5, 5.41) is 10.1. The molecule has 0 aliphatic heterocycles. The first kappa shape index (κ1) is 15.6. The van der Waals surface area contributed by atoms with Crippen LogP contribution in [0.2, 0.25) is 0 Å². The van der Waals surface area contributed by atoms with Crippen LogP contribution in [-0.2, 0) is 4.79 Å². The minimum Gasteiger partial charge on any atom is -0.393 e. The normalized spacial score (nSPS) is 56.2. The second kappa shape index (κ2) is 5.19. The number of carbonyl (C=O) groups is 1. The Balaban J connectivity index is 1.47. The van der Waals surface area contributed by atoms with Crippen molar-refractivity contribution >= 4 is 5.78 Å². The van der Waals surface area contributed by atoms with Gasteiger partial charge in [0.2, 0.25) is 0 Å². The third-order valence-electron chi connectivity index (χ3n) is 9.44. The minimum absolute atomic E-state index is 0.0495. The number of ketones is 1. The van der Waals surface area contributed by atoms with E-state index in [4.69, 9.17) is 0 Å². The number of rotatable bonds is 0. The molecule has 0 radical (unpaired) electrons. The molecule has 0 aromatic rings. The van der Waals surface area contributed by atoms with E-state index in [1.807, 2.05) is 6.08 Å². The highest BCUT2D eigenvalue weighted by Gasteiger charge is 2.61. The van der Waals surface area contributed by atoms with Crippen molar-refractivity contribution in [2.75, 3.05) is 0 Å². The summed E-state index contributed by atoms with van der Waals surface area (Å²) >= 11 is 0. The summed E-state index contributed by atoms with van der Waals surface area (Å²) in [7, 11) is 0. The van der Waals surface area contributed by atoms with Crippen molar-refractivity contribution in [3.8, 4) is 0 Å². The second-order valence-corrected chi connectivity index (χ2v) is 10.0. The van der Waals surface area contributed by atoms with Crippen LogP contribution in [0, 0.1) is 40.4 Å². The van der Waals surface area contributed by atoms with Crippen LogP contribution in [0.25, 0.3) is 0 Å². The molecule has 1 N–H and O–H groups in total. The molecule has 2 nitrogen and oxygen atoms in total. The Bertz CT molecular complexity index is 581. The van der Waals surface area contributed by atoms with E-state index < -0.39 is 0 Å². The van der Waals surface area contributed by atoms with E-state index in [1.54, 1.807) is 0 Å². The van der Waals surface area contributed by atoms with Crippen LogP contribution in [0.15, 0.2) is 12.2 Å². The summed E-state index contributed by atoms with van der Waals surface area (Å²) < 4.78 is 0. The van der Waals surface area contributed by atoms with Crippen LogP contribution in [0.4, 0.5) is 0 Å². The highest BCUT2D eigenvalue weighted by atomic mass is 16.3. The molecule has 4 fully saturated rings. The number of aliphatic hydroxyl groups excluding tert-OH is 1. The summed E-state index contributed by atoms with van der Waals surface area (Å²) in [5.41, 5.74) is 0.779. The topological polar surface area (TPSA) is 37.3 Å². The van der Waals surface area contributed by atoms with Crippen molar-refractivity contribution in [2.45, 2.75) is 77.2 Å². The molecule has 5 aliphatic carbocycles. The predicted octanol–water partition coefficient (Wildman–Crippen LogP) is 4.52. The minimum atomic E-state index is -0.0495. The van der Waals surface area contributed by atoms with E-state index in [2.05, 4.69) is 13.0 Å². The summed E-state index contributed by atoms with van der Waals surface area (Å²) in [6, 6.07) is 0. The van der Waals surface area contributed by atoms with Gasteiger partial charge in [-0.25, -0.2) is 0 Å². The van der Waals surface area contributed by atoms with E-state index in [0.717, 1.165) is 42.9 Å². The van der Waals surface area contributed by atoms with Gasteiger partial charge in [-0.1, -0.05) is 13.0 Å². The van der Waals surface area contributed by atoms with Crippen LogP contribution < -0.4 is 0 Å². The van der Waals surface area contributed by atoms with Crippen LogP contribution in [0.3, 0.4) is 0 Å². The molecule has 0 bridgehead atoms. The highest BCUT2D eigenvalue weighted by Crippen LogP contribution is 2.69.